The van der Waals surface area contributed by atoms with E-state index in [9.17, 15) is 80.5 Å². The zero-order chi connectivity index (χ0) is 71.6. The highest BCUT2D eigenvalue weighted by Crippen LogP contribution is 2.53. The Balaban J connectivity index is 0.845. The van der Waals surface area contributed by atoms with E-state index in [1.54, 1.807) is 37.3 Å². The van der Waals surface area contributed by atoms with Crippen LogP contribution in [-0.4, -0.2) is 312 Å². The zero-order valence-electron chi connectivity index (χ0n) is 54.4. The molecule has 23 N–H and O–H groups in total. The van der Waals surface area contributed by atoms with Gasteiger partial charge in [-0.3, -0.25) is 38.8 Å². The van der Waals surface area contributed by atoms with Crippen molar-refractivity contribution >= 4 is 47.4 Å². The van der Waals surface area contributed by atoms with Gasteiger partial charge in [0.25, 0.3) is 0 Å². The van der Waals surface area contributed by atoms with Crippen molar-refractivity contribution in [3.63, 3.8) is 0 Å². The van der Waals surface area contributed by atoms with Gasteiger partial charge in [-0.1, -0.05) is 62.2 Å². The second-order valence-electron chi connectivity index (χ2n) is 26.8. The third-order valence-corrected chi connectivity index (χ3v) is 20.5. The molecule has 1 unspecified atom stereocenters. The molecular weight excluding hydrogens is 1320 g/mol. The molecule has 11 rings (SSSR count). The molecule has 2 aromatic carbocycles. The number of nitrogens with one attached hydrogen (secondary N) is 7. The number of amides is 6. The summed E-state index contributed by atoms with van der Waals surface area (Å²) >= 11 is 0. The van der Waals surface area contributed by atoms with Gasteiger partial charge in [0.15, 0.2) is 30.2 Å². The van der Waals surface area contributed by atoms with Crippen LogP contribution in [0.4, 0.5) is 0 Å². The Morgan fingerprint density at radius 2 is 1.25 bits per heavy atom. The molecule has 0 radical (unpaired) electrons. The molecule has 1 spiro atoms. The van der Waals surface area contributed by atoms with Crippen LogP contribution in [0.25, 0.3) is 0 Å². The Hall–Kier alpha value is -7.12. The van der Waals surface area contributed by atoms with E-state index in [2.05, 4.69) is 47.2 Å². The largest absolute Gasteiger partial charge is 0.462 e. The molecule has 2 saturated carbocycles. The number of nitrogens with zero attached hydrogens (tertiary/aromatic N) is 3. The Morgan fingerprint density at radius 1 is 0.620 bits per heavy atom. The number of carbonyl (C=O) groups is 6. The first-order valence-electron chi connectivity index (χ1n) is 33.5. The summed E-state index contributed by atoms with van der Waals surface area (Å²) in [6, 6.07) is 1.14. The Morgan fingerprint density at radius 3 is 1.90 bits per heavy atom. The summed E-state index contributed by atoms with van der Waals surface area (Å²) in [5.41, 5.74) is 12.9. The fraction of sp³-hybridized carbons (Fsp3) is 0.683. The van der Waals surface area contributed by atoms with Crippen LogP contribution in [0.15, 0.2) is 64.6 Å². The van der Waals surface area contributed by atoms with Crippen LogP contribution in [0.2, 0.25) is 0 Å². The number of aliphatic hydroxyl groups is 12. The summed E-state index contributed by atoms with van der Waals surface area (Å²) < 4.78 is 42.8. The molecule has 6 amide bonds. The van der Waals surface area contributed by atoms with Crippen molar-refractivity contribution in [3.8, 4) is 5.75 Å². The molecule has 100 heavy (non-hydrogen) atoms. The Bertz CT molecular complexity index is 3250. The number of nitrogens with two attached hydrogens (primary N) is 2. The number of carbonyl (C=O) groups excluding carboxylic acids is 6. The highest BCUT2D eigenvalue weighted by Gasteiger charge is 2.61. The van der Waals surface area contributed by atoms with Gasteiger partial charge >= 0.3 is 0 Å². The first-order valence-corrected chi connectivity index (χ1v) is 33.5. The monoisotopic (exact) mass is 1410 g/mol. The van der Waals surface area contributed by atoms with Gasteiger partial charge in [0, 0.05) is 24.2 Å². The number of hydrogen-bond acceptors (Lipinski definition) is 31. The van der Waals surface area contributed by atoms with E-state index in [1.807, 2.05) is 0 Å². The highest BCUT2D eigenvalue weighted by molar-refractivity contribution is 5.98. The number of rotatable bonds is 16. The van der Waals surface area contributed by atoms with Crippen molar-refractivity contribution in [1.82, 2.24) is 42.1 Å². The summed E-state index contributed by atoms with van der Waals surface area (Å²) in [5, 5.41) is 151. The maximum absolute atomic E-state index is 15.2. The minimum Gasteiger partial charge on any atom is -0.462 e. The first-order chi connectivity index (χ1) is 47.8. The topological polar surface area (TPSA) is 574 Å². The smallest absolute Gasteiger partial charge is 0.246 e. The van der Waals surface area contributed by atoms with Crippen molar-refractivity contribution in [2.45, 2.75) is 210 Å². The second kappa shape index (κ2) is 31.6. The zero-order valence-corrected chi connectivity index (χ0v) is 54.4. The van der Waals surface area contributed by atoms with Crippen molar-refractivity contribution in [2.24, 2.45) is 33.3 Å². The molecule has 552 valence electrons. The molecular formula is C63H90N12O25. The van der Waals surface area contributed by atoms with Crippen LogP contribution in [0.5, 0.6) is 5.75 Å². The Labute approximate surface area is 571 Å². The molecule has 5 saturated heterocycles. The standard InChI is InChI=1S/C63H90N12O25/c1-25(27-7-3-2-4-8-27)39-55(91)69-31(17-26-13-15-30(16-14-26)95-59-49(87)46(84)51(36(23-78)97-59)99-60-50(88)47(85)52-37(98-60)24-94-63(100-52)28-9-5-10-29(63)12-6-11-28)54(90)73-40(42(80)32-18-67-61(64)71-32)57(93)74-41(56(92)70-33(21-76)53(89)66-20-38(79)72-39)43(81)34-19-68-62(65)75(34)58-48(86)45(83)44(82)35(22-77)96-58/h2-4,7-8,13-16,25,28-29,31-37,39-52,58-60,76-78,80-88H,5-6,9-12,17-24H2,1H3,(H2,65,68)(H,66,89)(H,69,91)(H,70,92)(H,72,79)(H,73,90)(H,74,93)(H3,64,67,71)/t25-,28?,29?,31+,32-,33-,34-,35+,36+,37+,39?,40-,41+,42-,43-,44+,45-,46+,47+,48-,49-,50-,51+,52+,58-,59-,60+,63?/m0/s1. The van der Waals surface area contributed by atoms with Gasteiger partial charge in [-0.05, 0) is 48.9 Å². The van der Waals surface area contributed by atoms with Crippen LogP contribution in [0.3, 0.4) is 0 Å². The van der Waals surface area contributed by atoms with E-state index in [-0.39, 0.29) is 42.3 Å². The van der Waals surface area contributed by atoms with Gasteiger partial charge in [0.1, 0.15) is 121 Å². The molecule has 25 atom stereocenters. The van der Waals surface area contributed by atoms with Crippen molar-refractivity contribution < 1.29 is 123 Å². The number of hydrogen-bond donors (Lipinski definition) is 21. The normalized spacial score (nSPS) is 40.2. The van der Waals surface area contributed by atoms with E-state index in [0.29, 0.717) is 5.56 Å². The van der Waals surface area contributed by atoms with Crippen molar-refractivity contribution in [3.05, 3.63) is 65.7 Å². The molecule has 7 fully saturated rings. The van der Waals surface area contributed by atoms with Gasteiger partial charge in [-0.2, -0.15) is 0 Å². The van der Waals surface area contributed by atoms with Gasteiger partial charge in [0.05, 0.1) is 58.1 Å². The van der Waals surface area contributed by atoms with E-state index >= 15 is 9.59 Å². The third-order valence-electron chi connectivity index (χ3n) is 20.5. The summed E-state index contributed by atoms with van der Waals surface area (Å²) in [7, 11) is 0. The van der Waals surface area contributed by atoms with Gasteiger partial charge in [-0.15, -0.1) is 0 Å². The lowest BCUT2D eigenvalue weighted by Crippen LogP contribution is -2.70. The molecule has 37 nitrogen and oxygen atoms in total. The SMILES string of the molecule is C[C@@H](c1ccccc1)C1NC(=O)CNC(=O)[C@H](CO)NC(=O)[C@@H]([C@@H](O)[C@@H]2CN=C(N)N2[C@H]2O[C@H](CO)[C@@H](O)[C@H](O)[C@@H]2O)NC(=O)[C@H]([C@@H](O)[C@@H]2CN=C(N)N2)NC(=O)[C@@H](Cc2ccc(O[C@H]3O[C@H](CO)[C@@H](O[C@H]4O[C@@H]5COC6(O[C@H]5[C@H](O)[C@@H]4O)C4CCCC6CCC4)[C@H](O)[C@@H]3O)cc2)NC1=O. The summed E-state index contributed by atoms with van der Waals surface area (Å²) in [6.07, 6.45) is -23.6. The number of aliphatic hydroxyl groups excluding tert-OH is 12. The molecule has 7 aliphatic heterocycles. The first kappa shape index (κ1) is 74.1. The molecule has 37 heteroatoms. The number of ether oxygens (including phenoxy) is 7. The minimum absolute atomic E-state index is 0.0151. The third kappa shape index (κ3) is 15.3. The maximum Gasteiger partial charge on any atom is 0.246 e. The number of aliphatic imine (C=N–C) groups is 2. The second-order valence-corrected chi connectivity index (χ2v) is 26.8. The van der Waals surface area contributed by atoms with Crippen molar-refractivity contribution in [1.29, 1.82) is 0 Å². The van der Waals surface area contributed by atoms with Crippen molar-refractivity contribution in [2.75, 3.05) is 46.1 Å². The minimum atomic E-state index is -2.34. The number of fused-ring (bicyclic) bond motifs is 1. The predicted molar refractivity (Wildman–Crippen MR) is 338 cm³/mol. The number of benzene rings is 2. The average Bonchev–Trinajstić information content (AvgIpc) is 0.828. The van der Waals surface area contributed by atoms with Crippen LogP contribution < -0.4 is 53.4 Å². The van der Waals surface area contributed by atoms with Gasteiger partial charge < -0.3 is 148 Å². The van der Waals surface area contributed by atoms with Crippen LogP contribution in [0, 0.1) is 11.8 Å². The predicted octanol–water partition coefficient (Wildman–Crippen LogP) is -10.3. The fourth-order valence-corrected chi connectivity index (χ4v) is 14.9. The highest BCUT2D eigenvalue weighted by atomic mass is 16.8. The van der Waals surface area contributed by atoms with Crippen LogP contribution in [0.1, 0.15) is 62.5 Å². The lowest BCUT2D eigenvalue weighted by molar-refractivity contribution is -0.430. The fourth-order valence-electron chi connectivity index (χ4n) is 14.9. The molecule has 2 aromatic rings. The quantitative estimate of drug-likeness (QED) is 0.0742. The van der Waals surface area contributed by atoms with E-state index in [1.165, 1.54) is 24.3 Å². The van der Waals surface area contributed by atoms with Gasteiger partial charge in [0.2, 0.25) is 41.7 Å². The lowest BCUT2D eigenvalue weighted by atomic mass is 9.66. The van der Waals surface area contributed by atoms with E-state index in [0.717, 1.165) is 43.4 Å². The number of guanidine groups is 2. The maximum atomic E-state index is 15.2. The molecule has 0 aromatic heterocycles. The van der Waals surface area contributed by atoms with E-state index < -0.39 is 239 Å². The lowest BCUT2D eigenvalue weighted by Gasteiger charge is -2.58. The van der Waals surface area contributed by atoms with Gasteiger partial charge in [-0.25, -0.2) is 0 Å². The Kier molecular flexibility index (Phi) is 23.4. The summed E-state index contributed by atoms with van der Waals surface area (Å²) in [6.45, 7) is -3.02. The molecule has 2 bridgehead atoms. The van der Waals surface area contributed by atoms with Crippen LogP contribution in [-0.2, 0) is 63.6 Å². The van der Waals surface area contributed by atoms with Crippen LogP contribution >= 0.6 is 0 Å². The van der Waals surface area contributed by atoms with E-state index in [4.69, 9.17) is 44.6 Å². The molecule has 9 aliphatic rings. The average molecular weight is 1420 g/mol. The summed E-state index contributed by atoms with van der Waals surface area (Å²) in [4.78, 5) is 96.6. The molecule has 7 heterocycles. The molecule has 2 aliphatic carbocycles. The summed E-state index contributed by atoms with van der Waals surface area (Å²) in [5.74, 6) is -9.53.